The highest BCUT2D eigenvalue weighted by Crippen LogP contribution is 2.36. The smallest absolute Gasteiger partial charge is 0.326 e. The first-order valence-corrected chi connectivity index (χ1v) is 14.1. The monoisotopic (exact) mass is 526 g/mol. The maximum absolute atomic E-state index is 13.4. The molecule has 0 spiro atoms. The zero-order valence-electron chi connectivity index (χ0n) is 19.7. The van der Waals surface area contributed by atoms with Crippen LogP contribution in [0.2, 0.25) is 5.02 Å². The SMILES string of the molecule is C=C(CCCn1c(Cn2c(=O)n(C3CC3)c3ccncc32)nc2cc(Cl)ccc21)NS(=O)(=O)C1CC1. The number of hydrogen-bond acceptors (Lipinski definition) is 5. The first-order valence-electron chi connectivity index (χ1n) is 12.2. The number of fused-ring (bicyclic) bond motifs is 2. The van der Waals surface area contributed by atoms with Crippen LogP contribution in [0.15, 0.2) is 53.7 Å². The second kappa shape index (κ2) is 8.77. The number of pyridine rings is 1. The number of benzene rings is 1. The van der Waals surface area contributed by atoms with E-state index in [1.54, 1.807) is 17.0 Å². The molecule has 0 saturated heterocycles. The van der Waals surface area contributed by atoms with Crippen LogP contribution in [-0.2, 0) is 23.1 Å². The van der Waals surface area contributed by atoms with Crippen LogP contribution in [0.1, 0.15) is 50.4 Å². The molecule has 0 aliphatic heterocycles. The maximum Gasteiger partial charge on any atom is 0.329 e. The molecule has 188 valence electrons. The Labute approximate surface area is 213 Å². The van der Waals surface area contributed by atoms with Crippen LogP contribution in [0.4, 0.5) is 0 Å². The van der Waals surface area contributed by atoms with E-state index in [-0.39, 0.29) is 17.0 Å². The Kier molecular flexibility index (Phi) is 5.68. The van der Waals surface area contributed by atoms with Gasteiger partial charge >= 0.3 is 5.69 Å². The van der Waals surface area contributed by atoms with E-state index in [4.69, 9.17) is 16.6 Å². The molecule has 2 aliphatic carbocycles. The molecule has 1 N–H and O–H groups in total. The lowest BCUT2D eigenvalue weighted by Gasteiger charge is -2.12. The first kappa shape index (κ1) is 23.3. The van der Waals surface area contributed by atoms with Gasteiger partial charge in [0, 0.05) is 29.5 Å². The predicted molar refractivity (Wildman–Crippen MR) is 140 cm³/mol. The summed E-state index contributed by atoms with van der Waals surface area (Å²) in [6.45, 7) is 4.80. The Morgan fingerprint density at radius 2 is 1.92 bits per heavy atom. The van der Waals surface area contributed by atoms with Gasteiger partial charge in [0.25, 0.3) is 0 Å². The van der Waals surface area contributed by atoms with Crippen molar-refractivity contribution in [3.63, 3.8) is 0 Å². The summed E-state index contributed by atoms with van der Waals surface area (Å²) in [5.74, 6) is 0.734. The number of halogens is 1. The van der Waals surface area contributed by atoms with E-state index in [9.17, 15) is 13.2 Å². The van der Waals surface area contributed by atoms with Gasteiger partial charge in [-0.1, -0.05) is 18.2 Å². The molecule has 0 radical (unpaired) electrons. The summed E-state index contributed by atoms with van der Waals surface area (Å²) in [6, 6.07) is 7.70. The minimum absolute atomic E-state index is 0.0556. The minimum Gasteiger partial charge on any atom is -0.326 e. The summed E-state index contributed by atoms with van der Waals surface area (Å²) in [7, 11) is -3.31. The van der Waals surface area contributed by atoms with Gasteiger partial charge in [-0.25, -0.2) is 18.2 Å². The fraction of sp³-hybridized carbons (Fsp3) is 0.400. The third-order valence-electron chi connectivity index (χ3n) is 6.88. The van der Waals surface area contributed by atoms with E-state index in [1.165, 1.54) is 0 Å². The lowest BCUT2D eigenvalue weighted by Crippen LogP contribution is -2.26. The Morgan fingerprint density at radius 3 is 2.67 bits per heavy atom. The van der Waals surface area contributed by atoms with Gasteiger partial charge in [-0.3, -0.25) is 18.8 Å². The summed E-state index contributed by atoms with van der Waals surface area (Å²) in [6.07, 6.45) is 8.04. The zero-order valence-corrected chi connectivity index (χ0v) is 21.3. The molecule has 2 aliphatic rings. The highest BCUT2D eigenvalue weighted by molar-refractivity contribution is 7.90. The van der Waals surface area contributed by atoms with Crippen molar-refractivity contribution in [2.75, 3.05) is 0 Å². The van der Waals surface area contributed by atoms with Crippen molar-refractivity contribution in [1.29, 1.82) is 0 Å². The number of sulfonamides is 1. The van der Waals surface area contributed by atoms with E-state index in [0.29, 0.717) is 49.5 Å². The third-order valence-corrected chi connectivity index (χ3v) is 9.03. The van der Waals surface area contributed by atoms with Crippen molar-refractivity contribution in [3.05, 3.63) is 70.3 Å². The van der Waals surface area contributed by atoms with Gasteiger partial charge in [-0.05, 0) is 62.8 Å². The Hall–Kier alpha value is -3.11. The quantitative estimate of drug-likeness (QED) is 0.337. The molecule has 2 fully saturated rings. The van der Waals surface area contributed by atoms with Crippen molar-refractivity contribution in [2.45, 2.75) is 62.9 Å². The van der Waals surface area contributed by atoms with Gasteiger partial charge in [0.05, 0.1) is 40.1 Å². The average Bonchev–Trinajstić information content (AvgIpc) is 3.75. The molecule has 3 heterocycles. The van der Waals surface area contributed by atoms with Crippen molar-refractivity contribution < 1.29 is 8.42 Å². The van der Waals surface area contributed by atoms with Gasteiger partial charge in [0.1, 0.15) is 5.82 Å². The predicted octanol–water partition coefficient (Wildman–Crippen LogP) is 3.96. The molecule has 0 atom stereocenters. The molecule has 3 aromatic heterocycles. The Bertz CT molecular complexity index is 1660. The zero-order chi connectivity index (χ0) is 25.0. The number of rotatable bonds is 10. The summed E-state index contributed by atoms with van der Waals surface area (Å²) < 4.78 is 32.7. The van der Waals surface area contributed by atoms with Gasteiger partial charge in [-0.15, -0.1) is 0 Å². The molecule has 0 bridgehead atoms. The summed E-state index contributed by atoms with van der Waals surface area (Å²) >= 11 is 6.23. The van der Waals surface area contributed by atoms with Crippen LogP contribution in [0.25, 0.3) is 22.1 Å². The number of allylic oxidation sites excluding steroid dienone is 1. The highest BCUT2D eigenvalue weighted by Gasteiger charge is 2.35. The van der Waals surface area contributed by atoms with Gasteiger partial charge < -0.3 is 4.57 Å². The largest absolute Gasteiger partial charge is 0.329 e. The average molecular weight is 527 g/mol. The van der Waals surface area contributed by atoms with Gasteiger partial charge in [0.2, 0.25) is 10.0 Å². The fourth-order valence-corrected chi connectivity index (χ4v) is 6.39. The number of nitrogens with zero attached hydrogens (tertiary/aromatic N) is 5. The summed E-state index contributed by atoms with van der Waals surface area (Å²) in [5, 5.41) is 0.307. The van der Waals surface area contributed by atoms with Crippen molar-refractivity contribution in [3.8, 4) is 0 Å². The standard InChI is InChI=1S/C25H27ClN6O3S/c1-16(29-36(34,35)19-7-8-19)3-2-12-30-21-9-4-17(26)13-20(21)28-24(30)15-31-23-14-27-11-10-22(23)32(25(31)33)18-5-6-18/h4,9-11,13-14,18-19,29H,1-3,5-8,12,15H2. The van der Waals surface area contributed by atoms with E-state index < -0.39 is 10.0 Å². The number of imidazole rings is 2. The van der Waals surface area contributed by atoms with E-state index in [1.807, 2.05) is 28.8 Å². The molecule has 4 aromatic rings. The van der Waals surface area contributed by atoms with Gasteiger partial charge in [-0.2, -0.15) is 0 Å². The second-order valence-electron chi connectivity index (χ2n) is 9.70. The summed E-state index contributed by atoms with van der Waals surface area (Å²) in [5.41, 5.74) is 3.78. The van der Waals surface area contributed by atoms with Crippen molar-refractivity contribution in [2.24, 2.45) is 0 Å². The Balaban J connectivity index is 1.30. The molecular formula is C25H27ClN6O3S. The third kappa shape index (κ3) is 4.32. The molecular weight excluding hydrogens is 500 g/mol. The van der Waals surface area contributed by atoms with Crippen LogP contribution >= 0.6 is 11.6 Å². The molecule has 2 saturated carbocycles. The van der Waals surface area contributed by atoms with Crippen LogP contribution in [0.5, 0.6) is 0 Å². The number of nitrogens with one attached hydrogen (secondary N) is 1. The van der Waals surface area contributed by atoms with Crippen LogP contribution in [0.3, 0.4) is 0 Å². The molecule has 36 heavy (non-hydrogen) atoms. The topological polar surface area (TPSA) is 104 Å². The Morgan fingerprint density at radius 1 is 1.11 bits per heavy atom. The summed E-state index contributed by atoms with van der Waals surface area (Å²) in [4.78, 5) is 22.5. The maximum atomic E-state index is 13.4. The molecule has 9 nitrogen and oxygen atoms in total. The fourth-order valence-electron chi connectivity index (χ4n) is 4.79. The normalized spacial score (nSPS) is 16.1. The van der Waals surface area contributed by atoms with E-state index >= 15 is 0 Å². The van der Waals surface area contributed by atoms with E-state index in [2.05, 4.69) is 20.9 Å². The van der Waals surface area contributed by atoms with Crippen LogP contribution in [0, 0.1) is 0 Å². The molecule has 0 amide bonds. The highest BCUT2D eigenvalue weighted by atomic mass is 35.5. The van der Waals surface area contributed by atoms with Crippen molar-refractivity contribution in [1.82, 2.24) is 28.4 Å². The number of aromatic nitrogens is 5. The minimum atomic E-state index is -3.31. The number of hydrogen-bond donors (Lipinski definition) is 1. The van der Waals surface area contributed by atoms with Crippen LogP contribution < -0.4 is 10.4 Å². The van der Waals surface area contributed by atoms with E-state index in [0.717, 1.165) is 40.7 Å². The number of aryl methyl sites for hydroxylation is 1. The van der Waals surface area contributed by atoms with Crippen molar-refractivity contribution >= 4 is 43.7 Å². The lowest BCUT2D eigenvalue weighted by atomic mass is 10.2. The molecule has 6 rings (SSSR count). The second-order valence-corrected chi connectivity index (χ2v) is 12.1. The van der Waals surface area contributed by atoms with Crippen LogP contribution in [-0.4, -0.2) is 37.3 Å². The lowest BCUT2D eigenvalue weighted by molar-refractivity contribution is 0.575. The molecule has 11 heteroatoms. The van der Waals surface area contributed by atoms with Gasteiger partial charge in [0.15, 0.2) is 0 Å². The molecule has 1 aromatic carbocycles. The molecule has 0 unspecified atom stereocenters. The first-order chi connectivity index (χ1) is 17.3.